The summed E-state index contributed by atoms with van der Waals surface area (Å²) in [6.07, 6.45) is -6.44. The van der Waals surface area contributed by atoms with Crippen molar-refractivity contribution < 1.29 is 66.2 Å². The number of nitrogens with zero attached hydrogens (tertiary/aromatic N) is 2. The second kappa shape index (κ2) is 8.64. The van der Waals surface area contributed by atoms with Crippen molar-refractivity contribution in [2.75, 3.05) is 13.3 Å². The molecule has 9 N–H and O–H groups in total. The largest absolute Gasteiger partial charge is 0.490 e. The van der Waals surface area contributed by atoms with E-state index < -0.39 is 60.6 Å². The van der Waals surface area contributed by atoms with Crippen molar-refractivity contribution in [2.24, 2.45) is 10.7 Å². The molecule has 0 aromatic heterocycles. The van der Waals surface area contributed by atoms with Crippen LogP contribution in [0, 0.1) is 0 Å². The number of nitrogens with two attached hydrogens (primary N) is 1. The van der Waals surface area contributed by atoms with Crippen LogP contribution in [0.5, 0.6) is 0 Å². The molecule has 21 heteroatoms. The maximum Gasteiger partial charge on any atom is 0.490 e. The monoisotopic (exact) mass is 486 g/mol. The van der Waals surface area contributed by atoms with E-state index in [1.807, 2.05) is 0 Å². The number of hydrogen-bond donors (Lipinski definition) is 8. The number of carbonyl (C=O) groups excluding carboxylic acids is 1. The van der Waals surface area contributed by atoms with Crippen LogP contribution in [0.3, 0.4) is 0 Å². The molecule has 2 amide bonds. The number of phosphoric ester groups is 1. The Balaban J connectivity index is 1.98. The van der Waals surface area contributed by atoms with Crippen molar-refractivity contribution in [3.8, 4) is 0 Å². The highest BCUT2D eigenvalue weighted by Gasteiger charge is 2.49. The van der Waals surface area contributed by atoms with E-state index in [1.165, 1.54) is 0 Å². The lowest BCUT2D eigenvalue weighted by molar-refractivity contribution is -0.0780. The van der Waals surface area contributed by atoms with Gasteiger partial charge >= 0.3 is 29.5 Å². The number of ether oxygens (including phenoxy) is 1. The number of carbonyl (C=O) groups is 1. The van der Waals surface area contributed by atoms with Crippen LogP contribution < -0.4 is 11.1 Å². The second-order valence-electron chi connectivity index (χ2n) is 5.52. The van der Waals surface area contributed by atoms with Crippen LogP contribution in [0.15, 0.2) is 4.99 Å². The third-order valence-corrected chi connectivity index (χ3v) is 7.15. The smallest absolute Gasteiger partial charge is 0.387 e. The highest BCUT2D eigenvalue weighted by Crippen LogP contribution is 2.66. The summed E-state index contributed by atoms with van der Waals surface area (Å²) in [6, 6.07) is -0.817. The first-order chi connectivity index (χ1) is 13.1. The average Bonchev–Trinajstić information content (AvgIpc) is 2.78. The van der Waals surface area contributed by atoms with Gasteiger partial charge in [-0.2, -0.15) is 8.62 Å². The lowest BCUT2D eigenvalue weighted by atomic mass is 10.1. The number of guanidine groups is 1. The van der Waals surface area contributed by atoms with Gasteiger partial charge in [0.15, 0.2) is 12.2 Å². The van der Waals surface area contributed by atoms with Crippen molar-refractivity contribution in [3.05, 3.63) is 0 Å². The van der Waals surface area contributed by atoms with Crippen molar-refractivity contribution >= 4 is 35.5 Å². The molecule has 6 atom stereocenters. The fourth-order valence-corrected chi connectivity index (χ4v) is 5.26. The van der Waals surface area contributed by atoms with Crippen LogP contribution in [0.25, 0.3) is 0 Å². The van der Waals surface area contributed by atoms with Gasteiger partial charge in [-0.05, 0) is 0 Å². The molecule has 0 saturated carbocycles. The molecule has 0 aliphatic carbocycles. The normalized spacial score (nSPS) is 32.3. The molecule has 2 aliphatic heterocycles. The van der Waals surface area contributed by atoms with Crippen LogP contribution in [0.2, 0.25) is 0 Å². The van der Waals surface area contributed by atoms with Crippen molar-refractivity contribution in [1.82, 2.24) is 10.2 Å². The number of aliphatic imine (C=N–C) groups is 1. The summed E-state index contributed by atoms with van der Waals surface area (Å²) < 4.78 is 50.0. The Labute approximate surface area is 161 Å². The number of aliphatic hydroxyl groups excluding tert-OH is 2. The molecule has 0 aromatic carbocycles. The molecule has 2 heterocycles. The first-order valence-corrected chi connectivity index (χ1v) is 11.8. The number of nitrogens with one attached hydrogen (secondary N) is 1. The molecule has 18 nitrogen and oxygen atoms in total. The molecule has 1 saturated heterocycles. The summed E-state index contributed by atoms with van der Waals surface area (Å²) in [5.74, 6) is -0.191. The number of hydrogen-bond acceptors (Lipinski definition) is 12. The van der Waals surface area contributed by atoms with Gasteiger partial charge in [-0.15, -0.1) is 0 Å². The third kappa shape index (κ3) is 6.77. The minimum absolute atomic E-state index is 0.191. The summed E-state index contributed by atoms with van der Waals surface area (Å²) in [5, 5.41) is 22.1. The minimum Gasteiger partial charge on any atom is -0.387 e. The van der Waals surface area contributed by atoms with E-state index in [4.69, 9.17) is 25.2 Å². The molecule has 0 aromatic rings. The summed E-state index contributed by atoms with van der Waals surface area (Å²) in [6.45, 7) is -1.35. The summed E-state index contributed by atoms with van der Waals surface area (Å²) in [7, 11) is -16.7. The average molecular weight is 486 g/mol. The molecule has 0 spiro atoms. The van der Waals surface area contributed by atoms with E-state index in [-0.39, 0.29) is 12.6 Å². The highest BCUT2D eigenvalue weighted by molar-refractivity contribution is 7.66. The molecule has 0 radical (unpaired) electrons. The maximum absolute atomic E-state index is 11.8. The first kappa shape index (κ1) is 24.3. The number of amides is 2. The number of aliphatic hydroxyl groups is 2. The van der Waals surface area contributed by atoms with Gasteiger partial charge in [0.1, 0.15) is 25.0 Å². The predicted molar refractivity (Wildman–Crippen MR) is 87.4 cm³/mol. The van der Waals surface area contributed by atoms with Gasteiger partial charge in [0.2, 0.25) is 0 Å². The molecule has 2 unspecified atom stereocenters. The molecule has 168 valence electrons. The van der Waals surface area contributed by atoms with Crippen molar-refractivity contribution in [1.29, 1.82) is 0 Å². The zero-order valence-corrected chi connectivity index (χ0v) is 16.7. The standard InChI is InChI=1S/C8H17N4O14P3/c9-7-10-2-12(8(15)11-7)6-5(14)4(13)3(24-6)1-23-28(19,20)26-29(21,22)25-27(16,17)18/h3-6,13-14H,1-2H2,(H,19,20)(H,21,22)(H2,16,17,18)(H3,9,10,11,15)/t3-,4-,5-,6-/m1/s1. The van der Waals surface area contributed by atoms with Crippen LogP contribution in [0.1, 0.15) is 0 Å². The Morgan fingerprint density at radius 2 is 1.76 bits per heavy atom. The Hall–Kier alpha value is -0.970. The lowest BCUT2D eigenvalue weighted by Crippen LogP contribution is -2.56. The number of rotatable bonds is 8. The fourth-order valence-electron chi connectivity index (χ4n) is 2.23. The van der Waals surface area contributed by atoms with E-state index in [0.29, 0.717) is 0 Å². The molecule has 2 aliphatic rings. The van der Waals surface area contributed by atoms with Gasteiger partial charge in [0.05, 0.1) is 6.61 Å². The van der Waals surface area contributed by atoms with E-state index in [2.05, 4.69) is 23.5 Å². The second-order valence-corrected chi connectivity index (χ2v) is 9.94. The van der Waals surface area contributed by atoms with Gasteiger partial charge < -0.3 is 40.3 Å². The van der Waals surface area contributed by atoms with Crippen LogP contribution in [0.4, 0.5) is 4.79 Å². The minimum atomic E-state index is -5.71. The van der Waals surface area contributed by atoms with Gasteiger partial charge in [-0.1, -0.05) is 0 Å². The SMILES string of the molecule is NC1=NCN([C@@H]2O[C@H](COP(=O)(O)OP(=O)(O)OP(=O)(O)O)[C@@H](O)[C@H]2O)C(=O)N1. The Bertz CT molecular complexity index is 815. The van der Waals surface area contributed by atoms with Gasteiger partial charge in [0.25, 0.3) is 0 Å². The molecule has 29 heavy (non-hydrogen) atoms. The Morgan fingerprint density at radius 1 is 1.14 bits per heavy atom. The fraction of sp³-hybridized carbons (Fsp3) is 0.750. The van der Waals surface area contributed by atoms with Crippen LogP contribution in [-0.4, -0.2) is 84.5 Å². The molecular formula is C8H17N4O14P3. The maximum atomic E-state index is 11.8. The van der Waals surface area contributed by atoms with E-state index in [9.17, 15) is 33.6 Å². The van der Waals surface area contributed by atoms with E-state index in [1.54, 1.807) is 0 Å². The van der Waals surface area contributed by atoms with Crippen molar-refractivity contribution in [2.45, 2.75) is 24.5 Å². The zero-order valence-electron chi connectivity index (χ0n) is 14.0. The third-order valence-electron chi connectivity index (χ3n) is 3.35. The summed E-state index contributed by atoms with van der Waals surface area (Å²) in [5.41, 5.74) is 5.30. The van der Waals surface area contributed by atoms with Crippen molar-refractivity contribution in [3.63, 3.8) is 0 Å². The molecule has 1 fully saturated rings. The van der Waals surface area contributed by atoms with Gasteiger partial charge in [0, 0.05) is 0 Å². The van der Waals surface area contributed by atoms with Gasteiger partial charge in [-0.25, -0.2) is 23.5 Å². The Kier molecular flexibility index (Phi) is 7.24. The van der Waals surface area contributed by atoms with Crippen LogP contribution >= 0.6 is 23.5 Å². The predicted octanol–water partition coefficient (Wildman–Crippen LogP) is -2.93. The number of urea groups is 1. The van der Waals surface area contributed by atoms with E-state index in [0.717, 1.165) is 4.90 Å². The summed E-state index contributed by atoms with van der Waals surface area (Å²) >= 11 is 0. The topological polar surface area (TPSA) is 280 Å². The summed E-state index contributed by atoms with van der Waals surface area (Å²) in [4.78, 5) is 51.7. The quantitative estimate of drug-likeness (QED) is 0.159. The first-order valence-electron chi connectivity index (χ1n) is 7.28. The molecule has 0 bridgehead atoms. The Morgan fingerprint density at radius 3 is 2.31 bits per heavy atom. The van der Waals surface area contributed by atoms with E-state index >= 15 is 0 Å². The van der Waals surface area contributed by atoms with Crippen LogP contribution in [-0.2, 0) is 31.6 Å². The lowest BCUT2D eigenvalue weighted by Gasteiger charge is -2.31. The number of phosphoric acid groups is 3. The molecule has 2 rings (SSSR count). The zero-order chi connectivity index (χ0) is 22.2. The molecular weight excluding hydrogens is 469 g/mol. The van der Waals surface area contributed by atoms with Gasteiger partial charge in [-0.3, -0.25) is 14.7 Å². The highest BCUT2D eigenvalue weighted by atomic mass is 31.3.